The Labute approximate surface area is 123 Å². The van der Waals surface area contributed by atoms with Gasteiger partial charge in [-0.1, -0.05) is 5.16 Å². The average molecular weight is 295 g/mol. The summed E-state index contributed by atoms with van der Waals surface area (Å²) in [7, 11) is 0. The first-order valence-electron chi connectivity index (χ1n) is 7.24. The first-order valence-corrected chi connectivity index (χ1v) is 7.24. The maximum absolute atomic E-state index is 13.5. The third kappa shape index (κ3) is 4.68. The van der Waals surface area contributed by atoms with Crippen molar-refractivity contribution >= 4 is 5.84 Å². The van der Waals surface area contributed by atoms with E-state index in [2.05, 4.69) is 10.5 Å². The quantitative estimate of drug-likeness (QED) is 0.287. The molecule has 0 radical (unpaired) electrons. The third-order valence-electron chi connectivity index (χ3n) is 3.94. The number of nitrogens with two attached hydrogens (primary N) is 1. The fourth-order valence-electron chi connectivity index (χ4n) is 2.73. The molecule has 5 nitrogen and oxygen atoms in total. The van der Waals surface area contributed by atoms with Gasteiger partial charge in [0.2, 0.25) is 0 Å². The molecule has 0 amide bonds. The van der Waals surface area contributed by atoms with Crippen molar-refractivity contribution in [1.82, 2.24) is 5.32 Å². The molecule has 0 aromatic heterocycles. The van der Waals surface area contributed by atoms with Crippen LogP contribution >= 0.6 is 0 Å². The van der Waals surface area contributed by atoms with Crippen LogP contribution in [-0.4, -0.2) is 28.8 Å². The Morgan fingerprint density at radius 1 is 1.29 bits per heavy atom. The molecule has 116 valence electrons. The van der Waals surface area contributed by atoms with E-state index in [4.69, 9.17) is 10.9 Å². The maximum Gasteiger partial charge on any atom is 0.170 e. The molecule has 0 bridgehead atoms. The number of aliphatic hydroxyl groups is 1. The molecule has 0 atom stereocenters. The van der Waals surface area contributed by atoms with Crippen LogP contribution in [0.1, 0.15) is 36.8 Å². The molecule has 0 aliphatic heterocycles. The zero-order valence-corrected chi connectivity index (χ0v) is 11.9. The summed E-state index contributed by atoms with van der Waals surface area (Å²) in [5.74, 6) is 0.0548. The number of amidine groups is 1. The van der Waals surface area contributed by atoms with Crippen LogP contribution in [0.3, 0.4) is 0 Å². The van der Waals surface area contributed by atoms with E-state index in [-0.39, 0.29) is 11.9 Å². The van der Waals surface area contributed by atoms with Crippen LogP contribution < -0.4 is 11.1 Å². The molecule has 0 spiro atoms. The predicted molar refractivity (Wildman–Crippen MR) is 78.6 cm³/mol. The summed E-state index contributed by atoms with van der Waals surface area (Å²) < 4.78 is 13.5. The lowest BCUT2D eigenvalue weighted by Gasteiger charge is -2.25. The second kappa shape index (κ2) is 7.38. The number of halogens is 1. The van der Waals surface area contributed by atoms with E-state index >= 15 is 0 Å². The van der Waals surface area contributed by atoms with Gasteiger partial charge in [0, 0.05) is 12.1 Å². The lowest BCUT2D eigenvalue weighted by molar-refractivity contribution is 0.108. The molecule has 0 heterocycles. The van der Waals surface area contributed by atoms with E-state index in [1.54, 1.807) is 6.07 Å². The molecular weight excluding hydrogens is 273 g/mol. The van der Waals surface area contributed by atoms with E-state index in [0.717, 1.165) is 37.8 Å². The number of nitrogens with zero attached hydrogens (tertiary/aromatic N) is 1. The minimum Gasteiger partial charge on any atom is -0.409 e. The van der Waals surface area contributed by atoms with Gasteiger partial charge in [0.1, 0.15) is 5.82 Å². The monoisotopic (exact) mass is 295 g/mol. The van der Waals surface area contributed by atoms with E-state index in [1.165, 1.54) is 12.1 Å². The highest BCUT2D eigenvalue weighted by atomic mass is 19.1. The summed E-state index contributed by atoms with van der Waals surface area (Å²) in [6.07, 6.45) is 3.62. The van der Waals surface area contributed by atoms with E-state index in [0.29, 0.717) is 18.0 Å². The van der Waals surface area contributed by atoms with Gasteiger partial charge in [-0.05, 0) is 61.9 Å². The standard InChI is InChI=1S/C15H22FN3O2/c16-13-6-11(5-12(7-13)15(17)19-21)9-18-8-10-1-3-14(20)4-2-10/h5-7,10,14,18,20-21H,1-4,8-9H2,(H2,17,19). The van der Waals surface area contributed by atoms with Crippen LogP contribution in [0.2, 0.25) is 0 Å². The normalized spacial score (nSPS) is 23.2. The zero-order valence-electron chi connectivity index (χ0n) is 11.9. The Kier molecular flexibility index (Phi) is 5.52. The van der Waals surface area contributed by atoms with Gasteiger partial charge in [0.15, 0.2) is 5.84 Å². The van der Waals surface area contributed by atoms with E-state index in [9.17, 15) is 9.50 Å². The van der Waals surface area contributed by atoms with Crippen molar-refractivity contribution in [3.8, 4) is 0 Å². The van der Waals surface area contributed by atoms with Crippen LogP contribution in [0, 0.1) is 11.7 Å². The van der Waals surface area contributed by atoms with Crippen molar-refractivity contribution < 1.29 is 14.7 Å². The lowest BCUT2D eigenvalue weighted by Crippen LogP contribution is -2.27. The van der Waals surface area contributed by atoms with Crippen molar-refractivity contribution in [2.75, 3.05) is 6.54 Å². The summed E-state index contributed by atoms with van der Waals surface area (Å²) in [5.41, 5.74) is 6.61. The van der Waals surface area contributed by atoms with E-state index in [1.807, 2.05) is 0 Å². The number of hydrogen-bond acceptors (Lipinski definition) is 4. The van der Waals surface area contributed by atoms with Crippen molar-refractivity contribution in [3.05, 3.63) is 35.1 Å². The third-order valence-corrected chi connectivity index (χ3v) is 3.94. The maximum atomic E-state index is 13.5. The SMILES string of the molecule is N/C(=N/O)c1cc(F)cc(CNCC2CCC(O)CC2)c1. The number of hydrogen-bond donors (Lipinski definition) is 4. The largest absolute Gasteiger partial charge is 0.409 e. The Morgan fingerprint density at radius 2 is 2.00 bits per heavy atom. The molecule has 0 saturated heterocycles. The molecule has 21 heavy (non-hydrogen) atoms. The van der Waals surface area contributed by atoms with Gasteiger partial charge in [-0.3, -0.25) is 0 Å². The fourth-order valence-corrected chi connectivity index (χ4v) is 2.73. The molecule has 2 rings (SSSR count). The number of aliphatic hydroxyl groups excluding tert-OH is 1. The minimum absolute atomic E-state index is 0.1000. The molecule has 1 fully saturated rings. The van der Waals surface area contributed by atoms with Gasteiger partial charge in [0.25, 0.3) is 0 Å². The Bertz CT molecular complexity index is 500. The Hall–Kier alpha value is -1.66. The molecule has 1 saturated carbocycles. The molecular formula is C15H22FN3O2. The second-order valence-electron chi connectivity index (χ2n) is 5.64. The molecule has 1 aromatic rings. The van der Waals surface area contributed by atoms with Crippen LogP contribution in [0.25, 0.3) is 0 Å². The molecule has 1 aliphatic carbocycles. The number of oxime groups is 1. The summed E-state index contributed by atoms with van der Waals surface area (Å²) in [5, 5.41) is 24.3. The number of rotatable bonds is 5. The number of benzene rings is 1. The molecule has 5 N–H and O–H groups in total. The van der Waals surface area contributed by atoms with Gasteiger partial charge in [-0.15, -0.1) is 0 Å². The van der Waals surface area contributed by atoms with Crippen molar-refractivity contribution in [3.63, 3.8) is 0 Å². The first-order chi connectivity index (χ1) is 10.1. The van der Waals surface area contributed by atoms with Crippen molar-refractivity contribution in [1.29, 1.82) is 0 Å². The van der Waals surface area contributed by atoms with Crippen LogP contribution in [-0.2, 0) is 6.54 Å². The fraction of sp³-hybridized carbons (Fsp3) is 0.533. The zero-order chi connectivity index (χ0) is 15.2. The topological polar surface area (TPSA) is 90.9 Å². The highest BCUT2D eigenvalue weighted by Gasteiger charge is 2.18. The minimum atomic E-state index is -0.406. The van der Waals surface area contributed by atoms with Crippen molar-refractivity contribution in [2.24, 2.45) is 16.8 Å². The highest BCUT2D eigenvalue weighted by Crippen LogP contribution is 2.23. The van der Waals surface area contributed by atoms with Gasteiger partial charge < -0.3 is 21.4 Å². The molecule has 1 aromatic carbocycles. The first kappa shape index (κ1) is 15.7. The van der Waals surface area contributed by atoms with Gasteiger partial charge in [-0.2, -0.15) is 0 Å². The van der Waals surface area contributed by atoms with Crippen LogP contribution in [0.5, 0.6) is 0 Å². The second-order valence-corrected chi connectivity index (χ2v) is 5.64. The number of nitrogens with one attached hydrogen (secondary N) is 1. The van der Waals surface area contributed by atoms with E-state index < -0.39 is 5.82 Å². The Balaban J connectivity index is 1.87. The lowest BCUT2D eigenvalue weighted by atomic mass is 9.87. The smallest absolute Gasteiger partial charge is 0.170 e. The van der Waals surface area contributed by atoms with Gasteiger partial charge in [-0.25, -0.2) is 4.39 Å². The van der Waals surface area contributed by atoms with Crippen LogP contribution in [0.15, 0.2) is 23.4 Å². The van der Waals surface area contributed by atoms with Gasteiger partial charge in [0.05, 0.1) is 6.10 Å². The summed E-state index contributed by atoms with van der Waals surface area (Å²) in [6, 6.07) is 4.38. The summed E-state index contributed by atoms with van der Waals surface area (Å²) in [4.78, 5) is 0. The van der Waals surface area contributed by atoms with Crippen molar-refractivity contribution in [2.45, 2.75) is 38.3 Å². The predicted octanol–water partition coefficient (Wildman–Crippen LogP) is 1.56. The Morgan fingerprint density at radius 3 is 2.67 bits per heavy atom. The molecule has 6 heteroatoms. The average Bonchev–Trinajstić information content (AvgIpc) is 2.48. The molecule has 1 aliphatic rings. The highest BCUT2D eigenvalue weighted by molar-refractivity contribution is 5.97. The molecule has 0 unspecified atom stereocenters. The summed E-state index contributed by atoms with van der Waals surface area (Å²) in [6.45, 7) is 1.38. The van der Waals surface area contributed by atoms with Gasteiger partial charge >= 0.3 is 0 Å². The van der Waals surface area contributed by atoms with Crippen LogP contribution in [0.4, 0.5) is 4.39 Å². The summed E-state index contributed by atoms with van der Waals surface area (Å²) >= 11 is 0.